The molecule has 0 aliphatic carbocycles. The van der Waals surface area contributed by atoms with Gasteiger partial charge in [-0.2, -0.15) is 5.12 Å². The van der Waals surface area contributed by atoms with E-state index in [9.17, 15) is 0 Å². The highest BCUT2D eigenvalue weighted by atomic mass is 15.9. The molecular weight excluding hydrogens is 248 g/mol. The Labute approximate surface area is 122 Å². The van der Waals surface area contributed by atoms with Crippen molar-refractivity contribution in [1.82, 2.24) is 20.1 Å². The van der Waals surface area contributed by atoms with Gasteiger partial charge in [-0.05, 0) is 37.3 Å². The van der Waals surface area contributed by atoms with Crippen molar-refractivity contribution in [3.8, 4) is 0 Å². The van der Waals surface area contributed by atoms with Gasteiger partial charge < -0.3 is 0 Å². The summed E-state index contributed by atoms with van der Waals surface area (Å²) < 4.78 is 0. The fraction of sp³-hybridized carbons (Fsp3) is 0.688. The van der Waals surface area contributed by atoms with E-state index in [2.05, 4.69) is 26.2 Å². The van der Waals surface area contributed by atoms with E-state index in [1.807, 2.05) is 18.5 Å². The number of piperidine rings is 2. The lowest BCUT2D eigenvalue weighted by Crippen LogP contribution is -2.55. The average molecular weight is 274 g/mol. The first-order chi connectivity index (χ1) is 9.93. The lowest BCUT2D eigenvalue weighted by Gasteiger charge is -2.45. The Morgan fingerprint density at radius 3 is 2.00 bits per heavy atom. The maximum atomic E-state index is 4.26. The van der Waals surface area contributed by atoms with Crippen LogP contribution in [0.5, 0.6) is 0 Å². The lowest BCUT2D eigenvalue weighted by atomic mass is 10.1. The Hall–Kier alpha value is -0.970. The van der Waals surface area contributed by atoms with Gasteiger partial charge in [0.05, 0.1) is 6.54 Å². The minimum atomic E-state index is 0.966. The predicted molar refractivity (Wildman–Crippen MR) is 80.6 cm³/mol. The predicted octanol–water partition coefficient (Wildman–Crippen LogP) is 2.69. The molecule has 2 fully saturated rings. The summed E-state index contributed by atoms with van der Waals surface area (Å²) in [5, 5.41) is 7.62. The third kappa shape index (κ3) is 3.57. The monoisotopic (exact) mass is 274 g/mol. The largest absolute Gasteiger partial charge is 0.264 e. The van der Waals surface area contributed by atoms with Gasteiger partial charge in [-0.25, -0.2) is 10.0 Å². The number of rotatable bonds is 4. The highest BCUT2D eigenvalue weighted by Crippen LogP contribution is 2.20. The second kappa shape index (κ2) is 7.16. The zero-order chi connectivity index (χ0) is 13.6. The number of hydrogen-bond acceptors (Lipinski definition) is 4. The number of aromatic nitrogens is 1. The third-order valence-corrected chi connectivity index (χ3v) is 4.36. The highest BCUT2D eigenvalue weighted by Gasteiger charge is 2.25. The van der Waals surface area contributed by atoms with E-state index in [0.717, 1.165) is 6.54 Å². The molecule has 3 rings (SSSR count). The molecule has 0 bridgehead atoms. The molecule has 0 N–H and O–H groups in total. The smallest absolute Gasteiger partial charge is 0.0558 e. The van der Waals surface area contributed by atoms with Crippen LogP contribution in [0.4, 0.5) is 0 Å². The summed E-state index contributed by atoms with van der Waals surface area (Å²) in [7, 11) is 0. The number of pyridine rings is 1. The van der Waals surface area contributed by atoms with Crippen LogP contribution < -0.4 is 0 Å². The molecule has 0 aromatic carbocycles. The normalized spacial score (nSPS) is 22.2. The molecule has 0 unspecified atom stereocenters. The van der Waals surface area contributed by atoms with E-state index in [1.54, 1.807) is 0 Å². The Kier molecular flexibility index (Phi) is 5.01. The first kappa shape index (κ1) is 14.0. The molecule has 3 heterocycles. The van der Waals surface area contributed by atoms with E-state index < -0.39 is 0 Å². The minimum absolute atomic E-state index is 0.966. The SMILES string of the molecule is c1cncc(CN(N2CCCCC2)N2CCCCC2)c1. The minimum Gasteiger partial charge on any atom is -0.264 e. The quantitative estimate of drug-likeness (QED) is 0.842. The number of hydrogen-bond donors (Lipinski definition) is 0. The molecule has 20 heavy (non-hydrogen) atoms. The van der Waals surface area contributed by atoms with Gasteiger partial charge in [-0.15, -0.1) is 0 Å². The van der Waals surface area contributed by atoms with Crippen molar-refractivity contribution in [2.45, 2.75) is 45.1 Å². The van der Waals surface area contributed by atoms with Gasteiger partial charge in [0.15, 0.2) is 0 Å². The van der Waals surface area contributed by atoms with Crippen LogP contribution in [0.3, 0.4) is 0 Å². The second-order valence-electron chi connectivity index (χ2n) is 5.92. The van der Waals surface area contributed by atoms with Crippen molar-refractivity contribution in [3.63, 3.8) is 0 Å². The van der Waals surface area contributed by atoms with Crippen LogP contribution in [0.1, 0.15) is 44.1 Å². The van der Waals surface area contributed by atoms with Crippen molar-refractivity contribution >= 4 is 0 Å². The lowest BCUT2D eigenvalue weighted by molar-refractivity contribution is -0.205. The zero-order valence-electron chi connectivity index (χ0n) is 12.4. The van der Waals surface area contributed by atoms with Crippen LogP contribution in [0.25, 0.3) is 0 Å². The standard InChI is InChI=1S/C16H26N4/c1-3-10-18(11-4-1)20(19-12-5-2-6-13-19)15-16-8-7-9-17-14-16/h7-9,14H,1-6,10-13,15H2. The van der Waals surface area contributed by atoms with Crippen LogP contribution in [0, 0.1) is 0 Å². The highest BCUT2D eigenvalue weighted by molar-refractivity contribution is 5.07. The molecule has 1 aromatic heterocycles. The van der Waals surface area contributed by atoms with Gasteiger partial charge in [0.2, 0.25) is 0 Å². The van der Waals surface area contributed by atoms with E-state index in [1.165, 1.54) is 70.3 Å². The van der Waals surface area contributed by atoms with Crippen LogP contribution >= 0.6 is 0 Å². The van der Waals surface area contributed by atoms with Gasteiger partial charge in [0, 0.05) is 38.6 Å². The fourth-order valence-corrected chi connectivity index (χ4v) is 3.25. The number of hydrazine groups is 2. The Morgan fingerprint density at radius 2 is 1.50 bits per heavy atom. The molecule has 4 heteroatoms. The van der Waals surface area contributed by atoms with Crippen molar-refractivity contribution < 1.29 is 0 Å². The van der Waals surface area contributed by atoms with Crippen LogP contribution in [0.15, 0.2) is 24.5 Å². The maximum Gasteiger partial charge on any atom is 0.0558 e. The third-order valence-electron chi connectivity index (χ3n) is 4.36. The molecule has 4 nitrogen and oxygen atoms in total. The average Bonchev–Trinajstić information content (AvgIpc) is 2.55. The number of nitrogens with zero attached hydrogens (tertiary/aromatic N) is 4. The van der Waals surface area contributed by atoms with Crippen LogP contribution in [-0.4, -0.2) is 46.3 Å². The molecule has 2 aliphatic heterocycles. The zero-order valence-corrected chi connectivity index (χ0v) is 12.4. The van der Waals surface area contributed by atoms with Crippen LogP contribution in [-0.2, 0) is 6.54 Å². The molecule has 2 aliphatic rings. The van der Waals surface area contributed by atoms with Crippen molar-refractivity contribution in [3.05, 3.63) is 30.1 Å². The fourth-order valence-electron chi connectivity index (χ4n) is 3.25. The molecule has 0 radical (unpaired) electrons. The summed E-state index contributed by atoms with van der Waals surface area (Å²) in [5.74, 6) is 0. The van der Waals surface area contributed by atoms with Crippen molar-refractivity contribution in [2.75, 3.05) is 26.2 Å². The van der Waals surface area contributed by atoms with Crippen molar-refractivity contribution in [1.29, 1.82) is 0 Å². The molecule has 0 saturated carbocycles. The Bertz CT molecular complexity index is 365. The molecule has 110 valence electrons. The summed E-state index contributed by atoms with van der Waals surface area (Å²) >= 11 is 0. The van der Waals surface area contributed by atoms with Gasteiger partial charge in [-0.3, -0.25) is 4.98 Å². The van der Waals surface area contributed by atoms with Gasteiger partial charge >= 0.3 is 0 Å². The summed E-state index contributed by atoms with van der Waals surface area (Å²) in [6.45, 7) is 5.79. The maximum absolute atomic E-state index is 4.26. The Balaban J connectivity index is 1.71. The van der Waals surface area contributed by atoms with E-state index in [0.29, 0.717) is 0 Å². The first-order valence-corrected chi connectivity index (χ1v) is 8.10. The van der Waals surface area contributed by atoms with Gasteiger partial charge in [0.25, 0.3) is 0 Å². The van der Waals surface area contributed by atoms with Crippen LogP contribution in [0.2, 0.25) is 0 Å². The Morgan fingerprint density at radius 1 is 0.900 bits per heavy atom. The van der Waals surface area contributed by atoms with E-state index >= 15 is 0 Å². The summed E-state index contributed by atoms with van der Waals surface area (Å²) in [5.41, 5.74) is 1.31. The molecular formula is C16H26N4. The van der Waals surface area contributed by atoms with Crippen molar-refractivity contribution in [2.24, 2.45) is 0 Å². The van der Waals surface area contributed by atoms with Gasteiger partial charge in [0.1, 0.15) is 0 Å². The topological polar surface area (TPSA) is 22.6 Å². The summed E-state index contributed by atoms with van der Waals surface area (Å²) in [4.78, 5) is 4.26. The molecule has 0 atom stereocenters. The summed E-state index contributed by atoms with van der Waals surface area (Å²) in [6, 6.07) is 4.23. The summed E-state index contributed by atoms with van der Waals surface area (Å²) in [6.07, 6.45) is 12.0. The van der Waals surface area contributed by atoms with E-state index in [4.69, 9.17) is 0 Å². The van der Waals surface area contributed by atoms with E-state index in [-0.39, 0.29) is 0 Å². The molecule has 0 spiro atoms. The van der Waals surface area contributed by atoms with Gasteiger partial charge in [-0.1, -0.05) is 18.9 Å². The molecule has 2 saturated heterocycles. The molecule has 0 amide bonds. The molecule has 1 aromatic rings. The second-order valence-corrected chi connectivity index (χ2v) is 5.92. The first-order valence-electron chi connectivity index (χ1n) is 8.10.